The van der Waals surface area contributed by atoms with Crippen molar-refractivity contribution in [3.8, 4) is 0 Å². The lowest BCUT2D eigenvalue weighted by molar-refractivity contribution is 0.310. The predicted octanol–water partition coefficient (Wildman–Crippen LogP) is 6.05. The Morgan fingerprint density at radius 2 is 1.81 bits per heavy atom. The molecule has 1 atom stereocenters. The lowest BCUT2D eigenvalue weighted by Gasteiger charge is -2.29. The van der Waals surface area contributed by atoms with Crippen LogP contribution in [-0.2, 0) is 12.8 Å². The molecule has 114 valence electrons. The van der Waals surface area contributed by atoms with E-state index in [1.807, 2.05) is 0 Å². The van der Waals surface area contributed by atoms with Crippen molar-refractivity contribution < 1.29 is 0 Å². The summed E-state index contributed by atoms with van der Waals surface area (Å²) in [7, 11) is 0. The molecule has 2 aliphatic carbocycles. The number of benzene rings is 1. The van der Waals surface area contributed by atoms with Gasteiger partial charge in [-0.2, -0.15) is 0 Å². The second kappa shape index (κ2) is 6.38. The highest BCUT2D eigenvalue weighted by Gasteiger charge is 2.24. The topological polar surface area (TPSA) is 0 Å². The van der Waals surface area contributed by atoms with Gasteiger partial charge in [-0.25, -0.2) is 0 Å². The Labute approximate surface area is 130 Å². The van der Waals surface area contributed by atoms with Gasteiger partial charge in [0.05, 0.1) is 0 Å². The van der Waals surface area contributed by atoms with Crippen LogP contribution >= 0.6 is 0 Å². The quantitative estimate of drug-likeness (QED) is 0.589. The summed E-state index contributed by atoms with van der Waals surface area (Å²) in [4.78, 5) is 0. The van der Waals surface area contributed by atoms with Gasteiger partial charge >= 0.3 is 0 Å². The van der Waals surface area contributed by atoms with Gasteiger partial charge < -0.3 is 0 Å². The molecule has 1 aromatic rings. The maximum Gasteiger partial charge on any atom is -0.0162 e. The minimum Gasteiger partial charge on any atom is -0.100 e. The summed E-state index contributed by atoms with van der Waals surface area (Å²) >= 11 is 0. The molecule has 0 saturated heterocycles. The molecule has 0 heterocycles. The number of fused-ring (bicyclic) bond motifs is 1. The Morgan fingerprint density at radius 1 is 1.10 bits per heavy atom. The SMILES string of the molecule is C=C(C)CCC1CCC(c2ccc3c(c2)CC(C)C3)CC1. The highest BCUT2D eigenvalue weighted by Crippen LogP contribution is 2.39. The van der Waals surface area contributed by atoms with Gasteiger partial charge in [0.15, 0.2) is 0 Å². The third kappa shape index (κ3) is 3.59. The minimum absolute atomic E-state index is 0.826. The molecule has 0 nitrogen and oxygen atoms in total. The van der Waals surface area contributed by atoms with Crippen LogP contribution in [0.4, 0.5) is 0 Å². The van der Waals surface area contributed by atoms with Gasteiger partial charge in [-0.1, -0.05) is 30.7 Å². The van der Waals surface area contributed by atoms with E-state index in [2.05, 4.69) is 38.6 Å². The normalized spacial score (nSPS) is 28.4. The van der Waals surface area contributed by atoms with Crippen LogP contribution in [0, 0.1) is 11.8 Å². The number of hydrogen-bond acceptors (Lipinski definition) is 0. The number of rotatable bonds is 4. The molecule has 1 saturated carbocycles. The van der Waals surface area contributed by atoms with Gasteiger partial charge in [0.25, 0.3) is 0 Å². The summed E-state index contributed by atoms with van der Waals surface area (Å²) < 4.78 is 0. The molecule has 0 bridgehead atoms. The molecule has 3 rings (SSSR count). The first-order chi connectivity index (χ1) is 10.1. The molecule has 1 fully saturated rings. The lowest BCUT2D eigenvalue weighted by atomic mass is 9.76. The van der Waals surface area contributed by atoms with Crippen molar-refractivity contribution in [3.63, 3.8) is 0 Å². The van der Waals surface area contributed by atoms with E-state index in [4.69, 9.17) is 0 Å². The fourth-order valence-electron chi connectivity index (χ4n) is 4.35. The second-order valence-corrected chi connectivity index (χ2v) is 7.75. The molecule has 0 radical (unpaired) electrons. The largest absolute Gasteiger partial charge is 0.100 e. The monoisotopic (exact) mass is 282 g/mol. The molecule has 21 heavy (non-hydrogen) atoms. The van der Waals surface area contributed by atoms with Crippen molar-refractivity contribution in [1.82, 2.24) is 0 Å². The van der Waals surface area contributed by atoms with Gasteiger partial charge in [-0.15, -0.1) is 6.58 Å². The summed E-state index contributed by atoms with van der Waals surface area (Å²) in [6.07, 6.45) is 10.8. The van der Waals surface area contributed by atoms with Crippen molar-refractivity contribution in [1.29, 1.82) is 0 Å². The van der Waals surface area contributed by atoms with Crippen molar-refractivity contribution >= 4 is 0 Å². The lowest BCUT2D eigenvalue weighted by Crippen LogP contribution is -2.13. The number of hydrogen-bond donors (Lipinski definition) is 0. The van der Waals surface area contributed by atoms with Crippen LogP contribution in [0.25, 0.3) is 0 Å². The van der Waals surface area contributed by atoms with Crippen molar-refractivity contribution in [2.75, 3.05) is 0 Å². The minimum atomic E-state index is 0.826. The molecular weight excluding hydrogens is 252 g/mol. The van der Waals surface area contributed by atoms with E-state index in [1.165, 1.54) is 56.9 Å². The Balaban J connectivity index is 1.57. The van der Waals surface area contributed by atoms with E-state index >= 15 is 0 Å². The van der Waals surface area contributed by atoms with E-state index in [9.17, 15) is 0 Å². The first-order valence-electron chi connectivity index (χ1n) is 8.88. The van der Waals surface area contributed by atoms with E-state index in [0.29, 0.717) is 0 Å². The van der Waals surface area contributed by atoms with Crippen LogP contribution in [0.1, 0.15) is 75.0 Å². The molecule has 0 aromatic heterocycles. The average Bonchev–Trinajstić information content (AvgIpc) is 2.84. The summed E-state index contributed by atoms with van der Waals surface area (Å²) in [5.41, 5.74) is 6.23. The van der Waals surface area contributed by atoms with Crippen LogP contribution in [0.2, 0.25) is 0 Å². The summed E-state index contributed by atoms with van der Waals surface area (Å²) in [6.45, 7) is 8.59. The van der Waals surface area contributed by atoms with Crippen LogP contribution in [0.15, 0.2) is 30.4 Å². The molecule has 0 aliphatic heterocycles. The van der Waals surface area contributed by atoms with Crippen LogP contribution in [0.5, 0.6) is 0 Å². The van der Waals surface area contributed by atoms with Crippen LogP contribution < -0.4 is 0 Å². The Morgan fingerprint density at radius 3 is 2.52 bits per heavy atom. The Bertz CT molecular complexity index is 503. The van der Waals surface area contributed by atoms with E-state index in [-0.39, 0.29) is 0 Å². The van der Waals surface area contributed by atoms with Gasteiger partial charge in [-0.05, 0) is 92.7 Å². The highest BCUT2D eigenvalue weighted by atomic mass is 14.3. The molecule has 2 aliphatic rings. The zero-order valence-electron chi connectivity index (χ0n) is 13.8. The first kappa shape index (κ1) is 14.9. The van der Waals surface area contributed by atoms with E-state index < -0.39 is 0 Å². The van der Waals surface area contributed by atoms with Crippen LogP contribution in [-0.4, -0.2) is 0 Å². The summed E-state index contributed by atoms with van der Waals surface area (Å²) in [6, 6.07) is 7.38. The van der Waals surface area contributed by atoms with Gasteiger partial charge in [0.1, 0.15) is 0 Å². The van der Waals surface area contributed by atoms with Crippen molar-refractivity contribution in [3.05, 3.63) is 47.0 Å². The molecule has 0 amide bonds. The smallest absolute Gasteiger partial charge is 0.0162 e. The molecule has 0 heteroatoms. The average molecular weight is 282 g/mol. The van der Waals surface area contributed by atoms with Crippen molar-refractivity contribution in [2.24, 2.45) is 11.8 Å². The maximum atomic E-state index is 4.04. The fourth-order valence-corrected chi connectivity index (χ4v) is 4.35. The summed E-state index contributed by atoms with van der Waals surface area (Å²) in [5.74, 6) is 2.63. The first-order valence-corrected chi connectivity index (χ1v) is 8.88. The zero-order chi connectivity index (χ0) is 14.8. The van der Waals surface area contributed by atoms with Crippen LogP contribution in [0.3, 0.4) is 0 Å². The van der Waals surface area contributed by atoms with Gasteiger partial charge in [0.2, 0.25) is 0 Å². The third-order valence-electron chi connectivity index (χ3n) is 5.66. The van der Waals surface area contributed by atoms with Gasteiger partial charge in [0, 0.05) is 0 Å². The fraction of sp³-hybridized carbons (Fsp3) is 0.619. The summed E-state index contributed by atoms with van der Waals surface area (Å²) in [5, 5.41) is 0. The second-order valence-electron chi connectivity index (χ2n) is 7.75. The highest BCUT2D eigenvalue weighted by molar-refractivity contribution is 5.37. The van der Waals surface area contributed by atoms with Crippen molar-refractivity contribution in [2.45, 2.75) is 71.1 Å². The van der Waals surface area contributed by atoms with Gasteiger partial charge in [-0.3, -0.25) is 0 Å². The maximum absolute atomic E-state index is 4.04. The molecular formula is C21H30. The molecule has 1 aromatic carbocycles. The Hall–Kier alpha value is -1.04. The number of allylic oxidation sites excluding steroid dienone is 1. The molecule has 0 spiro atoms. The third-order valence-corrected chi connectivity index (χ3v) is 5.66. The molecule has 1 unspecified atom stereocenters. The molecule has 0 N–H and O–H groups in total. The van der Waals surface area contributed by atoms with E-state index in [0.717, 1.165) is 17.8 Å². The predicted molar refractivity (Wildman–Crippen MR) is 91.8 cm³/mol. The van der Waals surface area contributed by atoms with E-state index in [1.54, 1.807) is 16.7 Å². The Kier molecular flexibility index (Phi) is 4.52. The zero-order valence-corrected chi connectivity index (χ0v) is 13.8. The standard InChI is InChI=1S/C21H30/c1-15(2)4-5-17-6-8-18(9-7-17)20-11-10-19-12-16(3)13-21(19)14-20/h10-11,14,16-18H,1,4-9,12-13H2,2-3H3.